The number of rotatable bonds is 5. The molecule has 0 atom stereocenters. The van der Waals surface area contributed by atoms with E-state index in [9.17, 15) is 9.18 Å². The number of thiophene rings is 1. The van der Waals surface area contributed by atoms with Crippen molar-refractivity contribution in [2.24, 2.45) is 0 Å². The molecule has 1 aromatic heterocycles. The number of carbonyl (C=O) groups is 1. The summed E-state index contributed by atoms with van der Waals surface area (Å²) < 4.78 is 12.7. The van der Waals surface area contributed by atoms with Crippen LogP contribution in [0, 0.1) is 5.82 Å². The second-order valence-corrected chi connectivity index (χ2v) is 5.34. The van der Waals surface area contributed by atoms with E-state index >= 15 is 0 Å². The molecule has 0 saturated heterocycles. The average molecular weight is 278 g/mol. The number of hydrogen-bond donors (Lipinski definition) is 1. The molecule has 19 heavy (non-hydrogen) atoms. The monoisotopic (exact) mass is 278 g/mol. The molecule has 0 saturated carbocycles. The van der Waals surface area contributed by atoms with E-state index in [1.807, 2.05) is 29.5 Å². The molecule has 0 bridgehead atoms. The Hall–Kier alpha value is -1.72. The van der Waals surface area contributed by atoms with E-state index in [1.165, 1.54) is 17.0 Å². The zero-order chi connectivity index (χ0) is 13.7. The number of hydrogen-bond acceptors (Lipinski definition) is 3. The van der Waals surface area contributed by atoms with Gasteiger partial charge < -0.3 is 5.32 Å². The summed E-state index contributed by atoms with van der Waals surface area (Å²) in [4.78, 5) is 14.9. The molecule has 0 fully saturated rings. The van der Waals surface area contributed by atoms with Gasteiger partial charge in [0.2, 0.25) is 5.91 Å². The molecular weight excluding hydrogens is 263 g/mol. The number of anilines is 1. The van der Waals surface area contributed by atoms with Crippen molar-refractivity contribution in [3.8, 4) is 0 Å². The minimum Gasteiger partial charge on any atom is -0.325 e. The van der Waals surface area contributed by atoms with Crippen molar-refractivity contribution in [2.45, 2.75) is 6.54 Å². The van der Waals surface area contributed by atoms with Crippen molar-refractivity contribution in [3.05, 3.63) is 52.5 Å². The van der Waals surface area contributed by atoms with Crippen LogP contribution in [0.3, 0.4) is 0 Å². The second-order valence-electron chi connectivity index (χ2n) is 4.31. The van der Waals surface area contributed by atoms with Crippen LogP contribution in [0.2, 0.25) is 0 Å². The highest BCUT2D eigenvalue weighted by atomic mass is 32.1. The molecule has 1 amide bonds. The Balaban J connectivity index is 1.82. The topological polar surface area (TPSA) is 32.3 Å². The fourth-order valence-electron chi connectivity index (χ4n) is 1.70. The molecule has 0 aliphatic heterocycles. The molecule has 1 heterocycles. The summed E-state index contributed by atoms with van der Waals surface area (Å²) in [6.07, 6.45) is 0. The summed E-state index contributed by atoms with van der Waals surface area (Å²) in [5, 5.41) is 4.75. The highest BCUT2D eigenvalue weighted by Gasteiger charge is 2.08. The Labute approximate surface area is 115 Å². The first kappa shape index (κ1) is 13.7. The SMILES string of the molecule is CN(CC(=O)Nc1ccc(F)cc1)Cc1cccs1. The first-order chi connectivity index (χ1) is 9.13. The standard InChI is InChI=1S/C14H15FN2OS/c1-17(9-13-3-2-8-19-13)10-14(18)16-12-6-4-11(15)5-7-12/h2-8H,9-10H2,1H3,(H,16,18). The maximum absolute atomic E-state index is 12.7. The molecule has 0 spiro atoms. The first-order valence-corrected chi connectivity index (χ1v) is 6.78. The molecule has 100 valence electrons. The molecule has 2 rings (SSSR count). The quantitative estimate of drug-likeness (QED) is 0.912. The van der Waals surface area contributed by atoms with Gasteiger partial charge in [0, 0.05) is 17.1 Å². The minimum absolute atomic E-state index is 0.106. The first-order valence-electron chi connectivity index (χ1n) is 5.90. The van der Waals surface area contributed by atoms with E-state index in [-0.39, 0.29) is 11.7 Å². The van der Waals surface area contributed by atoms with Gasteiger partial charge in [-0.15, -0.1) is 11.3 Å². The smallest absolute Gasteiger partial charge is 0.238 e. The van der Waals surface area contributed by atoms with E-state index in [0.29, 0.717) is 12.2 Å². The van der Waals surface area contributed by atoms with Gasteiger partial charge in [-0.05, 0) is 42.8 Å². The Bertz CT molecular complexity index is 525. The van der Waals surface area contributed by atoms with E-state index in [4.69, 9.17) is 0 Å². The van der Waals surface area contributed by atoms with E-state index in [2.05, 4.69) is 5.32 Å². The van der Waals surface area contributed by atoms with Gasteiger partial charge >= 0.3 is 0 Å². The van der Waals surface area contributed by atoms with Crippen LogP contribution in [-0.4, -0.2) is 24.4 Å². The third-order valence-electron chi connectivity index (χ3n) is 2.55. The summed E-state index contributed by atoms with van der Waals surface area (Å²) in [5.74, 6) is -0.418. The highest BCUT2D eigenvalue weighted by molar-refractivity contribution is 7.09. The molecule has 0 radical (unpaired) electrons. The normalized spacial score (nSPS) is 10.7. The van der Waals surface area contributed by atoms with E-state index in [0.717, 1.165) is 6.54 Å². The second kappa shape index (κ2) is 6.45. The van der Waals surface area contributed by atoms with Crippen LogP contribution in [0.15, 0.2) is 41.8 Å². The Morgan fingerprint density at radius 1 is 1.32 bits per heavy atom. The maximum atomic E-state index is 12.7. The van der Waals surface area contributed by atoms with Crippen molar-refractivity contribution < 1.29 is 9.18 Å². The van der Waals surface area contributed by atoms with Gasteiger partial charge in [-0.3, -0.25) is 9.69 Å². The van der Waals surface area contributed by atoms with Crippen molar-refractivity contribution in [2.75, 3.05) is 18.9 Å². The van der Waals surface area contributed by atoms with Crippen LogP contribution >= 0.6 is 11.3 Å². The van der Waals surface area contributed by atoms with Crippen LogP contribution in [0.25, 0.3) is 0 Å². The summed E-state index contributed by atoms with van der Waals surface area (Å²) >= 11 is 1.67. The number of carbonyl (C=O) groups excluding carboxylic acids is 1. The van der Waals surface area contributed by atoms with Gasteiger partial charge in [0.25, 0.3) is 0 Å². The van der Waals surface area contributed by atoms with Crippen LogP contribution in [-0.2, 0) is 11.3 Å². The molecular formula is C14H15FN2OS. The van der Waals surface area contributed by atoms with Crippen LogP contribution in [0.5, 0.6) is 0 Å². The number of nitrogens with one attached hydrogen (secondary N) is 1. The fourth-order valence-corrected chi connectivity index (χ4v) is 2.49. The predicted octanol–water partition coefficient (Wildman–Crippen LogP) is 2.96. The van der Waals surface area contributed by atoms with Crippen molar-refractivity contribution in [1.29, 1.82) is 0 Å². The van der Waals surface area contributed by atoms with Gasteiger partial charge in [-0.25, -0.2) is 4.39 Å². The lowest BCUT2D eigenvalue weighted by Gasteiger charge is -2.15. The number of amides is 1. The molecule has 1 N–H and O–H groups in total. The van der Waals surface area contributed by atoms with Crippen LogP contribution in [0.4, 0.5) is 10.1 Å². The number of likely N-dealkylation sites (N-methyl/N-ethyl adjacent to an activating group) is 1. The van der Waals surface area contributed by atoms with Crippen LogP contribution < -0.4 is 5.32 Å². The molecule has 0 aliphatic rings. The Morgan fingerprint density at radius 3 is 2.68 bits per heavy atom. The minimum atomic E-state index is -0.312. The van der Waals surface area contributed by atoms with Gasteiger partial charge in [0.05, 0.1) is 6.54 Å². The Kier molecular flexibility index (Phi) is 4.65. The van der Waals surface area contributed by atoms with Crippen LogP contribution in [0.1, 0.15) is 4.88 Å². The largest absolute Gasteiger partial charge is 0.325 e. The van der Waals surface area contributed by atoms with Gasteiger partial charge in [-0.2, -0.15) is 0 Å². The molecule has 2 aromatic rings. The lowest BCUT2D eigenvalue weighted by atomic mass is 10.3. The summed E-state index contributed by atoms with van der Waals surface area (Å²) in [7, 11) is 1.89. The average Bonchev–Trinajstić information content (AvgIpc) is 2.84. The van der Waals surface area contributed by atoms with Gasteiger partial charge in [-0.1, -0.05) is 6.07 Å². The number of halogens is 1. The van der Waals surface area contributed by atoms with Crippen molar-refractivity contribution in [3.63, 3.8) is 0 Å². The van der Waals surface area contributed by atoms with Crippen molar-refractivity contribution in [1.82, 2.24) is 4.90 Å². The van der Waals surface area contributed by atoms with Gasteiger partial charge in [0.1, 0.15) is 5.82 Å². The Morgan fingerprint density at radius 2 is 2.05 bits per heavy atom. The van der Waals surface area contributed by atoms with E-state index < -0.39 is 0 Å². The molecule has 3 nitrogen and oxygen atoms in total. The lowest BCUT2D eigenvalue weighted by molar-refractivity contribution is -0.117. The molecule has 5 heteroatoms. The zero-order valence-corrected chi connectivity index (χ0v) is 11.4. The lowest BCUT2D eigenvalue weighted by Crippen LogP contribution is -2.29. The highest BCUT2D eigenvalue weighted by Crippen LogP contribution is 2.11. The number of benzene rings is 1. The molecule has 0 aliphatic carbocycles. The molecule has 0 unspecified atom stereocenters. The third-order valence-corrected chi connectivity index (χ3v) is 3.41. The number of nitrogens with zero attached hydrogens (tertiary/aromatic N) is 1. The van der Waals surface area contributed by atoms with Crippen molar-refractivity contribution >= 4 is 22.9 Å². The third kappa shape index (κ3) is 4.46. The van der Waals surface area contributed by atoms with Gasteiger partial charge in [0.15, 0.2) is 0 Å². The van der Waals surface area contributed by atoms with E-state index in [1.54, 1.807) is 23.5 Å². The predicted molar refractivity (Wildman–Crippen MR) is 75.7 cm³/mol. The summed E-state index contributed by atoms with van der Waals surface area (Å²) in [6, 6.07) is 9.78. The summed E-state index contributed by atoms with van der Waals surface area (Å²) in [5.41, 5.74) is 0.607. The molecule has 1 aromatic carbocycles. The maximum Gasteiger partial charge on any atom is 0.238 e. The fraction of sp³-hybridized carbons (Fsp3) is 0.214. The summed E-state index contributed by atoms with van der Waals surface area (Å²) in [6.45, 7) is 1.05. The zero-order valence-electron chi connectivity index (χ0n) is 10.6.